The third-order valence-corrected chi connectivity index (χ3v) is 1.86. The van der Waals surface area contributed by atoms with Crippen molar-refractivity contribution in [1.29, 1.82) is 0 Å². The van der Waals surface area contributed by atoms with E-state index >= 15 is 0 Å². The fourth-order valence-electron chi connectivity index (χ4n) is 0.835. The minimum atomic E-state index is 0.0441. The molecule has 0 saturated carbocycles. The number of ether oxygens (including phenoxy) is 1. The van der Waals surface area contributed by atoms with Crippen LogP contribution in [0.1, 0.15) is 20.8 Å². The van der Waals surface area contributed by atoms with E-state index in [1.54, 1.807) is 13.3 Å². The Bertz CT molecular complexity index is 259. The van der Waals surface area contributed by atoms with E-state index in [0.29, 0.717) is 0 Å². The Kier molecular flexibility index (Phi) is 6.45. The lowest BCUT2D eigenvalue weighted by atomic mass is 10.5. The Morgan fingerprint density at radius 3 is 2.60 bits per heavy atom. The van der Waals surface area contributed by atoms with E-state index in [9.17, 15) is 0 Å². The molecule has 1 N–H and O–H groups in total. The Morgan fingerprint density at radius 2 is 2.13 bits per heavy atom. The van der Waals surface area contributed by atoms with Gasteiger partial charge in [-0.05, 0) is 26.8 Å². The van der Waals surface area contributed by atoms with Gasteiger partial charge in [-0.15, -0.1) is 0 Å². The largest absolute Gasteiger partial charge is 0.501 e. The van der Waals surface area contributed by atoms with Crippen LogP contribution >= 0.6 is 0 Å². The zero-order chi connectivity index (χ0) is 11.8. The Labute approximate surface area is 92.3 Å². The Hall–Kier alpha value is -1.29. The molecule has 0 saturated heterocycles. The number of aliphatic imine (C=N–C) groups is 1. The van der Waals surface area contributed by atoms with Crippen LogP contribution in [0.5, 0.6) is 0 Å². The predicted octanol–water partition coefficient (Wildman–Crippen LogP) is 1.92. The Morgan fingerprint density at radius 1 is 1.53 bits per heavy atom. The van der Waals surface area contributed by atoms with Crippen molar-refractivity contribution in [2.75, 3.05) is 14.2 Å². The lowest BCUT2D eigenvalue weighted by Gasteiger charge is -2.22. The van der Waals surface area contributed by atoms with Crippen molar-refractivity contribution >= 4 is 6.21 Å². The van der Waals surface area contributed by atoms with Crippen LogP contribution in [0, 0.1) is 0 Å². The summed E-state index contributed by atoms with van der Waals surface area (Å²) in [4.78, 5) is 4.31. The zero-order valence-electron chi connectivity index (χ0n) is 10.2. The number of hydrogen-bond donors (Lipinski definition) is 1. The van der Waals surface area contributed by atoms with Gasteiger partial charge in [0, 0.05) is 19.0 Å². The smallest absolute Gasteiger partial charge is 0.116 e. The van der Waals surface area contributed by atoms with Crippen molar-refractivity contribution in [1.82, 2.24) is 10.4 Å². The third-order valence-electron chi connectivity index (χ3n) is 1.86. The fraction of sp³-hybridized carbons (Fsp3) is 0.545. The number of nitrogens with zero attached hydrogens (tertiary/aromatic N) is 2. The molecule has 15 heavy (non-hydrogen) atoms. The van der Waals surface area contributed by atoms with E-state index in [0.717, 1.165) is 11.5 Å². The maximum atomic E-state index is 4.98. The van der Waals surface area contributed by atoms with Crippen molar-refractivity contribution in [3.05, 3.63) is 24.1 Å². The molecule has 0 aliphatic heterocycles. The maximum Gasteiger partial charge on any atom is 0.116 e. The molecule has 0 spiro atoms. The minimum Gasteiger partial charge on any atom is -0.501 e. The number of hydrogen-bond acceptors (Lipinski definition) is 4. The van der Waals surface area contributed by atoms with E-state index in [-0.39, 0.29) is 6.17 Å². The van der Waals surface area contributed by atoms with Gasteiger partial charge in [0.15, 0.2) is 0 Å². The summed E-state index contributed by atoms with van der Waals surface area (Å²) in [5, 5.41) is 1.88. The summed E-state index contributed by atoms with van der Waals surface area (Å²) in [6.45, 7) is 9.54. The van der Waals surface area contributed by atoms with Crippen molar-refractivity contribution < 1.29 is 4.74 Å². The molecule has 0 bridgehead atoms. The molecule has 86 valence electrons. The lowest BCUT2D eigenvalue weighted by molar-refractivity contribution is 0.205. The topological polar surface area (TPSA) is 36.9 Å². The first-order valence-electron chi connectivity index (χ1n) is 4.86. The molecule has 0 aliphatic rings. The van der Waals surface area contributed by atoms with Gasteiger partial charge in [-0.2, -0.15) is 0 Å². The molecule has 0 aromatic heterocycles. The summed E-state index contributed by atoms with van der Waals surface area (Å²) in [6, 6.07) is 0. The highest BCUT2D eigenvalue weighted by molar-refractivity contribution is 5.71. The van der Waals surface area contributed by atoms with Crippen molar-refractivity contribution in [3.63, 3.8) is 0 Å². The third kappa shape index (κ3) is 6.74. The van der Waals surface area contributed by atoms with Crippen LogP contribution in [0.2, 0.25) is 0 Å². The number of rotatable bonds is 6. The van der Waals surface area contributed by atoms with Crippen LogP contribution in [0.15, 0.2) is 29.1 Å². The van der Waals surface area contributed by atoms with E-state index in [4.69, 9.17) is 4.74 Å². The lowest BCUT2D eigenvalue weighted by Crippen LogP contribution is -2.38. The summed E-state index contributed by atoms with van der Waals surface area (Å²) in [6.07, 6.45) is 3.60. The summed E-state index contributed by atoms with van der Waals surface area (Å²) in [5.74, 6) is 0.835. The van der Waals surface area contributed by atoms with Crippen LogP contribution in [0.3, 0.4) is 0 Å². The molecule has 0 fully saturated rings. The van der Waals surface area contributed by atoms with Crippen molar-refractivity contribution in [2.24, 2.45) is 4.99 Å². The molecule has 4 heteroatoms. The van der Waals surface area contributed by atoms with E-state index in [1.165, 1.54) is 0 Å². The van der Waals surface area contributed by atoms with Gasteiger partial charge >= 0.3 is 0 Å². The average Bonchev–Trinajstić information content (AvgIpc) is 2.16. The van der Waals surface area contributed by atoms with Gasteiger partial charge in [-0.25, -0.2) is 5.01 Å². The van der Waals surface area contributed by atoms with E-state index in [2.05, 4.69) is 17.0 Å². The zero-order valence-corrected chi connectivity index (χ0v) is 10.2. The van der Waals surface area contributed by atoms with Crippen LogP contribution in [0.25, 0.3) is 0 Å². The second kappa shape index (κ2) is 7.06. The van der Waals surface area contributed by atoms with Gasteiger partial charge in [0.25, 0.3) is 0 Å². The normalized spacial score (nSPS) is 14.4. The molecule has 0 aromatic rings. The second-order valence-corrected chi connectivity index (χ2v) is 3.41. The highest BCUT2D eigenvalue weighted by Crippen LogP contribution is 1.96. The standard InChI is InChI=1S/C11H21N3O/c1-9(2)13-14(5)11(4)12-8-7-10(3)15-6/h7-8,11,13H,1H2,2-6H3/b10-7+,12-8?. The molecule has 0 amide bonds. The number of methoxy groups -OCH3 is 1. The van der Waals surface area contributed by atoms with Gasteiger partial charge in [0.2, 0.25) is 0 Å². The summed E-state index contributed by atoms with van der Waals surface area (Å²) < 4.78 is 4.98. The van der Waals surface area contributed by atoms with Crippen molar-refractivity contribution in [2.45, 2.75) is 26.9 Å². The molecule has 0 heterocycles. The van der Waals surface area contributed by atoms with Gasteiger partial charge < -0.3 is 10.2 Å². The van der Waals surface area contributed by atoms with Crippen LogP contribution < -0.4 is 5.43 Å². The molecule has 4 nitrogen and oxygen atoms in total. The highest BCUT2D eigenvalue weighted by atomic mass is 16.5. The first-order valence-corrected chi connectivity index (χ1v) is 4.86. The molecular formula is C11H21N3O. The Balaban J connectivity index is 4.11. The molecule has 0 rings (SSSR count). The van der Waals surface area contributed by atoms with E-state index < -0.39 is 0 Å². The van der Waals surface area contributed by atoms with Crippen molar-refractivity contribution in [3.8, 4) is 0 Å². The molecule has 0 radical (unpaired) electrons. The molecule has 1 unspecified atom stereocenters. The summed E-state index contributed by atoms with van der Waals surface area (Å²) in [5.41, 5.74) is 3.96. The van der Waals surface area contributed by atoms with Crippen LogP contribution in [-0.4, -0.2) is 31.5 Å². The predicted molar refractivity (Wildman–Crippen MR) is 64.4 cm³/mol. The van der Waals surface area contributed by atoms with Gasteiger partial charge in [-0.3, -0.25) is 4.99 Å². The number of allylic oxidation sites excluding steroid dienone is 3. The number of nitrogens with one attached hydrogen (secondary N) is 1. The second-order valence-electron chi connectivity index (χ2n) is 3.41. The SMILES string of the molecule is C=C(C)NN(C)C(C)N=C/C=C(\C)OC. The monoisotopic (exact) mass is 211 g/mol. The molecule has 0 aromatic carbocycles. The van der Waals surface area contributed by atoms with Gasteiger partial charge in [-0.1, -0.05) is 6.58 Å². The number of hydrazine groups is 1. The maximum absolute atomic E-state index is 4.98. The van der Waals surface area contributed by atoms with E-state index in [1.807, 2.05) is 38.9 Å². The minimum absolute atomic E-state index is 0.0441. The van der Waals surface area contributed by atoms with Gasteiger partial charge in [0.05, 0.1) is 12.9 Å². The first-order chi connectivity index (χ1) is 6.97. The van der Waals surface area contributed by atoms with Crippen LogP contribution in [0.4, 0.5) is 0 Å². The molecular weight excluding hydrogens is 190 g/mol. The summed E-state index contributed by atoms with van der Waals surface area (Å²) >= 11 is 0. The summed E-state index contributed by atoms with van der Waals surface area (Å²) in [7, 11) is 3.56. The average molecular weight is 211 g/mol. The molecule has 0 aliphatic carbocycles. The molecule has 1 atom stereocenters. The first kappa shape index (κ1) is 13.7. The fourth-order valence-corrected chi connectivity index (χ4v) is 0.835. The highest BCUT2D eigenvalue weighted by Gasteiger charge is 2.03. The van der Waals surface area contributed by atoms with Crippen LogP contribution in [-0.2, 0) is 4.74 Å². The quantitative estimate of drug-likeness (QED) is 0.414. The van der Waals surface area contributed by atoms with Gasteiger partial charge in [0.1, 0.15) is 6.17 Å².